The van der Waals surface area contributed by atoms with Crippen LogP contribution in [0.4, 0.5) is 0 Å². The first-order valence-corrected chi connectivity index (χ1v) is 2.80. The van der Waals surface area contributed by atoms with Gasteiger partial charge in [-0.2, -0.15) is 0 Å². The minimum absolute atomic E-state index is 0.0404. The first kappa shape index (κ1) is 8.39. The fourth-order valence-corrected chi connectivity index (χ4v) is 0.372. The third kappa shape index (κ3) is 7.39. The van der Waals surface area contributed by atoms with E-state index in [1.54, 1.807) is 0 Å². The van der Waals surface area contributed by atoms with Crippen LogP contribution in [0.15, 0.2) is 0 Å². The number of nitrogens with zero attached hydrogens (tertiary/aromatic N) is 1. The van der Waals surface area contributed by atoms with E-state index in [2.05, 4.69) is 5.32 Å². The first-order valence-electron chi connectivity index (χ1n) is 2.80. The zero-order valence-electron chi connectivity index (χ0n) is 5.21. The summed E-state index contributed by atoms with van der Waals surface area (Å²) >= 11 is 0. The highest BCUT2D eigenvalue weighted by Gasteiger charge is 1.92. The molecule has 0 aromatic rings. The Hall–Kier alpha value is -0.610. The second-order valence-corrected chi connectivity index (χ2v) is 1.61. The van der Waals surface area contributed by atoms with Crippen LogP contribution in [-0.4, -0.2) is 30.7 Å². The van der Waals surface area contributed by atoms with Gasteiger partial charge in [-0.15, -0.1) is 0 Å². The molecule has 0 aliphatic rings. The molecule has 0 heterocycles. The van der Waals surface area contributed by atoms with Gasteiger partial charge in [0, 0.05) is 19.5 Å². The average molecular weight is 131 g/mol. The van der Waals surface area contributed by atoms with Gasteiger partial charge in [0.2, 0.25) is 5.91 Å². The molecular weight excluding hydrogens is 120 g/mol. The molecule has 0 bridgehead atoms. The van der Waals surface area contributed by atoms with Crippen LogP contribution in [0.3, 0.4) is 0 Å². The largest absolute Gasteiger partial charge is 0.395 e. The van der Waals surface area contributed by atoms with E-state index in [1.165, 1.54) is 0 Å². The van der Waals surface area contributed by atoms with Gasteiger partial charge < -0.3 is 10.8 Å². The molecule has 0 saturated heterocycles. The second-order valence-electron chi connectivity index (χ2n) is 1.61. The minimum Gasteiger partial charge on any atom is -0.395 e. The van der Waals surface area contributed by atoms with Crippen molar-refractivity contribution in [3.8, 4) is 0 Å². The van der Waals surface area contributed by atoms with Gasteiger partial charge in [-0.05, 0) is 0 Å². The van der Waals surface area contributed by atoms with E-state index in [0.717, 1.165) is 0 Å². The van der Waals surface area contributed by atoms with Crippen molar-refractivity contribution in [1.82, 2.24) is 5.32 Å². The number of rotatable bonds is 5. The number of hydrogen-bond donors (Lipinski definition) is 2. The molecule has 1 amide bonds. The van der Waals surface area contributed by atoms with Crippen molar-refractivity contribution in [3.63, 3.8) is 0 Å². The average Bonchev–Trinajstić information content (AvgIpc) is 1.80. The van der Waals surface area contributed by atoms with Crippen molar-refractivity contribution >= 4 is 5.91 Å². The van der Waals surface area contributed by atoms with Crippen LogP contribution in [0, 0.1) is 0 Å². The second kappa shape index (κ2) is 5.53. The molecule has 0 aliphatic heterocycles. The van der Waals surface area contributed by atoms with E-state index >= 15 is 0 Å². The number of nitrogens with two attached hydrogens (primary N) is 1. The van der Waals surface area contributed by atoms with Crippen LogP contribution in [0.25, 0.3) is 0 Å². The molecule has 9 heavy (non-hydrogen) atoms. The lowest BCUT2D eigenvalue weighted by molar-refractivity contribution is -0.117. The van der Waals surface area contributed by atoms with Crippen LogP contribution < -0.4 is 11.1 Å². The zero-order chi connectivity index (χ0) is 7.11. The van der Waals surface area contributed by atoms with Gasteiger partial charge in [0.1, 0.15) is 0 Å². The number of hydrogen-bond acceptors (Lipinski definition) is 2. The topological polar surface area (TPSA) is 77.4 Å². The quantitative estimate of drug-likeness (QED) is 0.443. The number of carbonyl (C=O) groups is 1. The summed E-state index contributed by atoms with van der Waals surface area (Å²) in [5, 5.41) is 12.0. The summed E-state index contributed by atoms with van der Waals surface area (Å²) < 4.78 is 0. The number of aliphatic hydroxyl groups excluding tert-OH is 1. The lowest BCUT2D eigenvalue weighted by atomic mass is 10.4. The Morgan fingerprint density at radius 1 is 1.56 bits per heavy atom. The van der Waals surface area contributed by atoms with Crippen molar-refractivity contribution in [2.24, 2.45) is 5.73 Å². The molecule has 0 spiro atoms. The van der Waals surface area contributed by atoms with Crippen molar-refractivity contribution < 1.29 is 9.90 Å². The highest BCUT2D eigenvalue weighted by molar-refractivity contribution is 5.73. The molecule has 1 radical (unpaired) electrons. The van der Waals surface area contributed by atoms with Crippen LogP contribution in [0.1, 0.15) is 6.42 Å². The zero-order valence-corrected chi connectivity index (χ0v) is 5.21. The smallest absolute Gasteiger partial charge is 0.218 e. The highest BCUT2D eigenvalue weighted by atomic mass is 16.3. The minimum atomic E-state index is -0.350. The molecule has 0 saturated carbocycles. The van der Waals surface area contributed by atoms with Crippen LogP contribution in [0.5, 0.6) is 0 Å². The van der Waals surface area contributed by atoms with Gasteiger partial charge in [0.25, 0.3) is 0 Å². The fraction of sp³-hybridized carbons (Fsp3) is 0.800. The van der Waals surface area contributed by atoms with Crippen molar-refractivity contribution in [1.29, 1.82) is 0 Å². The Labute approximate surface area is 54.0 Å². The number of aliphatic hydroxyl groups is 1. The Kier molecular flexibility index (Phi) is 5.15. The predicted octanol–water partition coefficient (Wildman–Crippen LogP) is -1.54. The lowest BCUT2D eigenvalue weighted by Crippen LogP contribution is -2.19. The van der Waals surface area contributed by atoms with Crippen LogP contribution in [-0.2, 0) is 4.79 Å². The highest BCUT2D eigenvalue weighted by Crippen LogP contribution is 1.72. The summed E-state index contributed by atoms with van der Waals surface area (Å²) in [5.74, 6) is -0.350. The number of primary amides is 1. The predicted molar refractivity (Wildman–Crippen MR) is 32.8 cm³/mol. The Morgan fingerprint density at radius 3 is 2.67 bits per heavy atom. The molecular formula is C5H11N2O2. The molecule has 3 N–H and O–H groups in total. The normalized spacial score (nSPS) is 9.44. The summed E-state index contributed by atoms with van der Waals surface area (Å²) in [6, 6.07) is 0. The molecule has 0 fully saturated rings. The third-order valence-electron chi connectivity index (χ3n) is 0.774. The molecule has 53 valence electrons. The van der Waals surface area contributed by atoms with E-state index in [1.807, 2.05) is 0 Å². The Bertz CT molecular complexity index is 85.0. The van der Waals surface area contributed by atoms with Crippen LogP contribution >= 0.6 is 0 Å². The summed E-state index contributed by atoms with van der Waals surface area (Å²) in [6.45, 7) is 0.863. The summed E-state index contributed by atoms with van der Waals surface area (Å²) in [7, 11) is 0. The number of amides is 1. The van der Waals surface area contributed by atoms with Crippen molar-refractivity contribution in [3.05, 3.63) is 0 Å². The maximum Gasteiger partial charge on any atom is 0.218 e. The standard InChI is InChI=1S/C5H11N2O2/c6-5(9)1-2-7-3-4-8/h8H,1-4H2,(H2,6,9). The van der Waals surface area contributed by atoms with E-state index < -0.39 is 0 Å². The molecule has 0 rings (SSSR count). The molecule has 0 aromatic carbocycles. The van der Waals surface area contributed by atoms with Crippen molar-refractivity contribution in [2.75, 3.05) is 19.7 Å². The summed E-state index contributed by atoms with van der Waals surface area (Å²) in [4.78, 5) is 10.1. The van der Waals surface area contributed by atoms with Crippen LogP contribution in [0.2, 0.25) is 0 Å². The van der Waals surface area contributed by atoms with E-state index in [4.69, 9.17) is 10.8 Å². The van der Waals surface area contributed by atoms with Crippen molar-refractivity contribution in [2.45, 2.75) is 6.42 Å². The molecule has 0 atom stereocenters. The first-order chi connectivity index (χ1) is 4.27. The SMILES string of the molecule is NC(=O)CC[N]CCO. The van der Waals surface area contributed by atoms with Gasteiger partial charge in [-0.25, -0.2) is 5.32 Å². The van der Waals surface area contributed by atoms with E-state index in [0.29, 0.717) is 13.1 Å². The fourth-order valence-electron chi connectivity index (χ4n) is 0.372. The monoisotopic (exact) mass is 131 g/mol. The molecule has 0 unspecified atom stereocenters. The van der Waals surface area contributed by atoms with Gasteiger partial charge >= 0.3 is 0 Å². The van der Waals surface area contributed by atoms with Gasteiger partial charge in [-0.1, -0.05) is 0 Å². The molecule has 4 heteroatoms. The van der Waals surface area contributed by atoms with E-state index in [9.17, 15) is 4.79 Å². The summed E-state index contributed by atoms with van der Waals surface area (Å²) in [5.41, 5.74) is 4.81. The molecule has 0 aromatic heterocycles. The van der Waals surface area contributed by atoms with E-state index in [-0.39, 0.29) is 18.9 Å². The maximum atomic E-state index is 10.1. The Balaban J connectivity index is 2.83. The third-order valence-corrected chi connectivity index (χ3v) is 0.774. The number of carbonyl (C=O) groups excluding carboxylic acids is 1. The van der Waals surface area contributed by atoms with Gasteiger partial charge in [0.15, 0.2) is 0 Å². The summed E-state index contributed by atoms with van der Waals surface area (Å²) in [6.07, 6.45) is 0.278. The molecule has 0 aliphatic carbocycles. The maximum absolute atomic E-state index is 10.1. The Morgan fingerprint density at radius 2 is 2.22 bits per heavy atom. The molecule has 4 nitrogen and oxygen atoms in total. The van der Waals surface area contributed by atoms with Gasteiger partial charge in [0.05, 0.1) is 6.61 Å². The lowest BCUT2D eigenvalue weighted by Gasteiger charge is -1.94. The van der Waals surface area contributed by atoms with Gasteiger partial charge in [-0.3, -0.25) is 4.79 Å².